The summed E-state index contributed by atoms with van der Waals surface area (Å²) in [5.74, 6) is -0.541. The number of non-ortho nitro benzene ring substituents is 1. The first kappa shape index (κ1) is 21.5. The summed E-state index contributed by atoms with van der Waals surface area (Å²) in [7, 11) is 0. The molecule has 1 aromatic carbocycles. The molecule has 0 unspecified atom stereocenters. The Hall–Kier alpha value is -3.68. The summed E-state index contributed by atoms with van der Waals surface area (Å²) in [6.07, 6.45) is -2.46. The van der Waals surface area contributed by atoms with Crippen molar-refractivity contribution in [2.75, 3.05) is 6.54 Å². The maximum Gasteiger partial charge on any atom is 0.269 e. The van der Waals surface area contributed by atoms with Crippen LogP contribution in [0.25, 0.3) is 11.2 Å². The molecule has 0 saturated carbocycles. The Balaban J connectivity index is 1.61. The molecule has 1 amide bonds. The van der Waals surface area contributed by atoms with Gasteiger partial charge in [0.1, 0.15) is 17.7 Å². The second-order valence-electron chi connectivity index (χ2n) is 7.29. The molecular weight excluding hydrogens is 422 g/mol. The van der Waals surface area contributed by atoms with Gasteiger partial charge in [0, 0.05) is 18.7 Å². The zero-order chi connectivity index (χ0) is 23.0. The molecule has 4 atom stereocenters. The van der Waals surface area contributed by atoms with Crippen molar-refractivity contribution in [2.24, 2.45) is 0 Å². The Labute approximate surface area is 180 Å². The van der Waals surface area contributed by atoms with E-state index in [1.165, 1.54) is 33.9 Å². The van der Waals surface area contributed by atoms with Crippen molar-refractivity contribution >= 4 is 22.8 Å². The van der Waals surface area contributed by atoms with Gasteiger partial charge in [-0.05, 0) is 12.5 Å². The van der Waals surface area contributed by atoms with Crippen LogP contribution in [0.1, 0.15) is 18.7 Å². The molecule has 1 aliphatic rings. The minimum absolute atomic E-state index is 0.0274. The SMILES string of the molecule is CCNC(=O)[C@H]1O[C@@H](n2cnc3c(=N)n(Cc4ccc([N+](=O)[O-])cc4)cnc32)[C@H](O)[C@@H]1O. The molecule has 2 aromatic heterocycles. The largest absolute Gasteiger partial charge is 0.387 e. The molecule has 0 aliphatic carbocycles. The number of carbonyl (C=O) groups is 1. The van der Waals surface area contributed by atoms with Crippen LogP contribution < -0.4 is 10.8 Å². The number of fused-ring (bicyclic) bond motifs is 1. The van der Waals surface area contributed by atoms with E-state index in [0.717, 1.165) is 5.56 Å². The molecule has 1 fully saturated rings. The summed E-state index contributed by atoms with van der Waals surface area (Å²) in [6.45, 7) is 2.31. The number of aliphatic hydroxyl groups excluding tert-OH is 2. The summed E-state index contributed by atoms with van der Waals surface area (Å²) in [4.78, 5) is 30.9. The van der Waals surface area contributed by atoms with E-state index in [-0.39, 0.29) is 28.9 Å². The van der Waals surface area contributed by atoms with Crippen molar-refractivity contribution in [3.63, 3.8) is 0 Å². The molecule has 3 heterocycles. The molecule has 4 N–H and O–H groups in total. The molecule has 1 saturated heterocycles. The number of amides is 1. The topological polar surface area (TPSA) is 181 Å². The maximum absolute atomic E-state index is 12.1. The van der Waals surface area contributed by atoms with Gasteiger partial charge in [-0.25, -0.2) is 9.97 Å². The number of aliphatic hydroxyl groups is 2. The molecule has 0 spiro atoms. The number of aromatic nitrogens is 4. The summed E-state index contributed by atoms with van der Waals surface area (Å²) >= 11 is 0. The lowest BCUT2D eigenvalue weighted by Gasteiger charge is -2.16. The van der Waals surface area contributed by atoms with Crippen LogP contribution in [-0.2, 0) is 16.1 Å². The molecular formula is C19H21N7O6. The van der Waals surface area contributed by atoms with Gasteiger partial charge in [0.25, 0.3) is 11.6 Å². The van der Waals surface area contributed by atoms with Gasteiger partial charge in [-0.1, -0.05) is 12.1 Å². The highest BCUT2D eigenvalue weighted by atomic mass is 16.6. The maximum atomic E-state index is 12.1. The number of nitrogens with one attached hydrogen (secondary N) is 2. The number of imidazole rings is 1. The van der Waals surface area contributed by atoms with Gasteiger partial charge in [0.15, 0.2) is 23.5 Å². The summed E-state index contributed by atoms with van der Waals surface area (Å²) in [5, 5.41) is 42.5. The van der Waals surface area contributed by atoms with E-state index in [9.17, 15) is 25.1 Å². The van der Waals surface area contributed by atoms with Crippen LogP contribution in [0.3, 0.4) is 0 Å². The van der Waals surface area contributed by atoms with Crippen molar-refractivity contribution in [1.82, 2.24) is 24.4 Å². The predicted molar refractivity (Wildman–Crippen MR) is 108 cm³/mol. The molecule has 13 heteroatoms. The molecule has 32 heavy (non-hydrogen) atoms. The number of nitrogens with zero attached hydrogens (tertiary/aromatic N) is 5. The highest BCUT2D eigenvalue weighted by Gasteiger charge is 2.47. The molecule has 1 aliphatic heterocycles. The zero-order valence-electron chi connectivity index (χ0n) is 17.0. The van der Waals surface area contributed by atoms with Gasteiger partial charge < -0.3 is 24.8 Å². The third-order valence-electron chi connectivity index (χ3n) is 5.22. The van der Waals surface area contributed by atoms with Crippen molar-refractivity contribution in [1.29, 1.82) is 5.41 Å². The zero-order valence-corrected chi connectivity index (χ0v) is 17.0. The number of likely N-dealkylation sites (N-methyl/N-ethyl adjacent to an activating group) is 1. The minimum atomic E-state index is -1.43. The van der Waals surface area contributed by atoms with E-state index in [1.807, 2.05) is 0 Å². The first-order valence-corrected chi connectivity index (χ1v) is 9.81. The average molecular weight is 443 g/mol. The Morgan fingerprint density at radius 1 is 1.25 bits per heavy atom. The van der Waals surface area contributed by atoms with Crippen LogP contribution in [0, 0.1) is 15.5 Å². The monoisotopic (exact) mass is 443 g/mol. The number of nitro groups is 1. The third kappa shape index (κ3) is 3.72. The van der Waals surface area contributed by atoms with E-state index in [1.54, 1.807) is 19.1 Å². The van der Waals surface area contributed by atoms with Gasteiger partial charge in [-0.15, -0.1) is 0 Å². The summed E-state index contributed by atoms with van der Waals surface area (Å²) in [5.41, 5.74) is 1.20. The summed E-state index contributed by atoms with van der Waals surface area (Å²) in [6, 6.07) is 5.96. The first-order valence-electron chi connectivity index (χ1n) is 9.81. The van der Waals surface area contributed by atoms with Gasteiger partial charge in [0.05, 0.1) is 24.1 Å². The lowest BCUT2D eigenvalue weighted by Crippen LogP contribution is -2.42. The number of carbonyl (C=O) groups excluding carboxylic acids is 1. The van der Waals surface area contributed by atoms with E-state index < -0.39 is 35.4 Å². The van der Waals surface area contributed by atoms with E-state index >= 15 is 0 Å². The fourth-order valence-corrected chi connectivity index (χ4v) is 3.57. The quantitative estimate of drug-likeness (QED) is 0.288. The molecule has 0 radical (unpaired) electrons. The highest BCUT2D eigenvalue weighted by molar-refractivity contribution is 5.82. The van der Waals surface area contributed by atoms with Crippen molar-refractivity contribution in [3.05, 3.63) is 58.1 Å². The lowest BCUT2D eigenvalue weighted by molar-refractivity contribution is -0.384. The Morgan fingerprint density at radius 3 is 2.62 bits per heavy atom. The van der Waals surface area contributed by atoms with Crippen molar-refractivity contribution < 1.29 is 24.7 Å². The second kappa shape index (κ2) is 8.45. The molecule has 168 valence electrons. The van der Waals surface area contributed by atoms with E-state index in [2.05, 4.69) is 15.3 Å². The number of benzene rings is 1. The van der Waals surface area contributed by atoms with Crippen LogP contribution in [0.2, 0.25) is 0 Å². The Morgan fingerprint density at radius 2 is 1.97 bits per heavy atom. The van der Waals surface area contributed by atoms with Crippen LogP contribution >= 0.6 is 0 Å². The molecule has 13 nitrogen and oxygen atoms in total. The van der Waals surface area contributed by atoms with Gasteiger partial charge in [0.2, 0.25) is 0 Å². The number of ether oxygens (including phenoxy) is 1. The fourth-order valence-electron chi connectivity index (χ4n) is 3.57. The van der Waals surface area contributed by atoms with Crippen molar-refractivity contribution in [3.8, 4) is 0 Å². The Bertz CT molecular complexity index is 1220. The van der Waals surface area contributed by atoms with E-state index in [0.29, 0.717) is 6.54 Å². The van der Waals surface area contributed by atoms with Crippen LogP contribution in [0.5, 0.6) is 0 Å². The normalized spacial score (nSPS) is 22.8. The summed E-state index contributed by atoms with van der Waals surface area (Å²) < 4.78 is 8.48. The smallest absolute Gasteiger partial charge is 0.269 e. The Kier molecular flexibility index (Phi) is 5.69. The average Bonchev–Trinajstić information content (AvgIpc) is 3.32. The molecule has 3 aromatic rings. The van der Waals surface area contributed by atoms with Gasteiger partial charge in [-0.2, -0.15) is 0 Å². The second-order valence-corrected chi connectivity index (χ2v) is 7.29. The van der Waals surface area contributed by atoms with Crippen molar-refractivity contribution in [2.45, 2.75) is 38.0 Å². The lowest BCUT2D eigenvalue weighted by atomic mass is 10.1. The number of rotatable bonds is 6. The first-order chi connectivity index (χ1) is 15.3. The number of nitro benzene ring substituents is 1. The predicted octanol–water partition coefficient (Wildman–Crippen LogP) is -0.576. The standard InChI is InChI=1S/C19H21N7O6/c1-2-21-18(29)15-13(27)14(28)19(32-15)25-9-22-12-16(20)24(8-23-17(12)25)7-10-3-5-11(6-4-10)26(30)31/h3-6,8-9,13-15,19-20,27-28H,2,7H2,1H3,(H,21,29)/t13-,14+,15-,19+/m0/s1. The number of hydrogen-bond acceptors (Lipinski definition) is 9. The minimum Gasteiger partial charge on any atom is -0.387 e. The molecule has 0 bridgehead atoms. The highest BCUT2D eigenvalue weighted by Crippen LogP contribution is 2.31. The fraction of sp³-hybridized carbons (Fsp3) is 0.368. The van der Waals surface area contributed by atoms with Gasteiger partial charge >= 0.3 is 0 Å². The molecule has 4 rings (SSSR count). The van der Waals surface area contributed by atoms with Crippen LogP contribution in [0.4, 0.5) is 5.69 Å². The van der Waals surface area contributed by atoms with Crippen LogP contribution in [0.15, 0.2) is 36.9 Å². The van der Waals surface area contributed by atoms with Gasteiger partial charge in [-0.3, -0.25) is 24.9 Å². The number of hydrogen-bond donors (Lipinski definition) is 4. The third-order valence-corrected chi connectivity index (χ3v) is 5.22. The van der Waals surface area contributed by atoms with Crippen LogP contribution in [-0.4, -0.2) is 65.0 Å². The van der Waals surface area contributed by atoms with E-state index in [4.69, 9.17) is 10.1 Å².